The van der Waals surface area contributed by atoms with Crippen LogP contribution in [-0.4, -0.2) is 30.6 Å². The Morgan fingerprint density at radius 1 is 1.43 bits per heavy atom. The van der Waals surface area contributed by atoms with Crippen molar-refractivity contribution in [3.8, 4) is 6.07 Å². The van der Waals surface area contributed by atoms with Crippen LogP contribution in [0.5, 0.6) is 0 Å². The third-order valence-electron chi connectivity index (χ3n) is 4.53. The van der Waals surface area contributed by atoms with Crippen molar-refractivity contribution in [3.63, 3.8) is 0 Å². The van der Waals surface area contributed by atoms with E-state index in [0.29, 0.717) is 6.04 Å². The number of nitrogens with zero attached hydrogens (tertiary/aromatic N) is 2. The maximum absolute atomic E-state index is 8.95. The Kier molecular flexibility index (Phi) is 6.22. The summed E-state index contributed by atoms with van der Waals surface area (Å²) >= 11 is 0. The summed E-state index contributed by atoms with van der Waals surface area (Å²) in [7, 11) is 0. The van der Waals surface area contributed by atoms with Crippen LogP contribution in [0.4, 0.5) is 0 Å². The smallest absolute Gasteiger partial charge is 0.0991 e. The first-order chi connectivity index (χ1) is 10.2. The standard InChI is InChI=1S/C18H27N3/c1-15-7-3-4-11-21(15)12-6-10-20-16(2)18-9-5-8-17(13-18)14-19/h5,8-9,13,15-16,20H,3-4,6-7,10-12H2,1-2H3. The molecule has 2 rings (SSSR count). The van der Waals surface area contributed by atoms with Crippen LogP contribution in [0.2, 0.25) is 0 Å². The summed E-state index contributed by atoms with van der Waals surface area (Å²) < 4.78 is 0. The van der Waals surface area contributed by atoms with E-state index in [4.69, 9.17) is 5.26 Å². The van der Waals surface area contributed by atoms with Gasteiger partial charge in [-0.05, 0) is 70.4 Å². The van der Waals surface area contributed by atoms with Gasteiger partial charge in [0, 0.05) is 12.1 Å². The molecule has 0 amide bonds. The average molecular weight is 285 g/mol. The molecule has 3 nitrogen and oxygen atoms in total. The Hall–Kier alpha value is -1.37. The molecule has 1 aromatic carbocycles. The van der Waals surface area contributed by atoms with Crippen molar-refractivity contribution >= 4 is 0 Å². The van der Waals surface area contributed by atoms with Crippen molar-refractivity contribution in [1.82, 2.24) is 10.2 Å². The van der Waals surface area contributed by atoms with Crippen LogP contribution in [0, 0.1) is 11.3 Å². The van der Waals surface area contributed by atoms with E-state index in [1.54, 1.807) is 0 Å². The molecule has 0 bridgehead atoms. The monoisotopic (exact) mass is 285 g/mol. The summed E-state index contributed by atoms with van der Waals surface area (Å²) in [4.78, 5) is 2.62. The molecule has 1 aliphatic heterocycles. The zero-order chi connectivity index (χ0) is 15.1. The van der Waals surface area contributed by atoms with E-state index in [9.17, 15) is 0 Å². The number of nitrogens with one attached hydrogen (secondary N) is 1. The largest absolute Gasteiger partial charge is 0.310 e. The number of likely N-dealkylation sites (tertiary alicyclic amines) is 1. The van der Waals surface area contributed by atoms with Gasteiger partial charge in [-0.2, -0.15) is 5.26 Å². The predicted octanol–water partition coefficient (Wildman–Crippen LogP) is 3.47. The highest BCUT2D eigenvalue weighted by Gasteiger charge is 2.17. The van der Waals surface area contributed by atoms with Crippen molar-refractivity contribution < 1.29 is 0 Å². The second-order valence-electron chi connectivity index (χ2n) is 6.15. The molecular formula is C18H27N3. The van der Waals surface area contributed by atoms with Gasteiger partial charge in [0.1, 0.15) is 0 Å². The van der Waals surface area contributed by atoms with Crippen LogP contribution in [0.25, 0.3) is 0 Å². The van der Waals surface area contributed by atoms with Gasteiger partial charge in [-0.1, -0.05) is 18.6 Å². The molecule has 0 aliphatic carbocycles. The van der Waals surface area contributed by atoms with Crippen molar-refractivity contribution in [3.05, 3.63) is 35.4 Å². The molecule has 2 unspecified atom stereocenters. The summed E-state index contributed by atoms with van der Waals surface area (Å²) in [6, 6.07) is 11.1. The van der Waals surface area contributed by atoms with Gasteiger partial charge in [0.05, 0.1) is 11.6 Å². The third-order valence-corrected chi connectivity index (χ3v) is 4.53. The maximum Gasteiger partial charge on any atom is 0.0991 e. The van der Waals surface area contributed by atoms with Crippen molar-refractivity contribution in [2.24, 2.45) is 0 Å². The molecule has 0 saturated carbocycles. The molecule has 1 fully saturated rings. The Morgan fingerprint density at radius 2 is 2.29 bits per heavy atom. The second-order valence-corrected chi connectivity index (χ2v) is 6.15. The third kappa shape index (κ3) is 4.84. The fraction of sp³-hybridized carbons (Fsp3) is 0.611. The van der Waals surface area contributed by atoms with Gasteiger partial charge >= 0.3 is 0 Å². The van der Waals surface area contributed by atoms with Crippen LogP contribution in [0.3, 0.4) is 0 Å². The highest BCUT2D eigenvalue weighted by molar-refractivity contribution is 5.33. The molecule has 2 atom stereocenters. The van der Waals surface area contributed by atoms with E-state index in [2.05, 4.69) is 36.2 Å². The number of hydrogen-bond acceptors (Lipinski definition) is 3. The lowest BCUT2D eigenvalue weighted by atomic mass is 10.0. The Bertz CT molecular complexity index is 478. The number of rotatable bonds is 6. The first-order valence-electron chi connectivity index (χ1n) is 8.18. The minimum Gasteiger partial charge on any atom is -0.310 e. The van der Waals surface area contributed by atoms with Crippen LogP contribution >= 0.6 is 0 Å². The molecule has 1 aliphatic rings. The van der Waals surface area contributed by atoms with E-state index in [0.717, 1.165) is 18.2 Å². The second kappa shape index (κ2) is 8.17. The minimum atomic E-state index is 0.303. The Labute approximate surface area is 129 Å². The van der Waals surface area contributed by atoms with Gasteiger partial charge < -0.3 is 10.2 Å². The van der Waals surface area contributed by atoms with E-state index < -0.39 is 0 Å². The van der Waals surface area contributed by atoms with Gasteiger partial charge in [-0.15, -0.1) is 0 Å². The lowest BCUT2D eigenvalue weighted by Gasteiger charge is -2.33. The van der Waals surface area contributed by atoms with Gasteiger partial charge in [0.25, 0.3) is 0 Å². The molecule has 0 aromatic heterocycles. The van der Waals surface area contributed by atoms with Crippen LogP contribution in [-0.2, 0) is 0 Å². The van der Waals surface area contributed by atoms with E-state index in [-0.39, 0.29) is 0 Å². The molecule has 1 aromatic rings. The van der Waals surface area contributed by atoms with Crippen molar-refractivity contribution in [2.45, 2.75) is 51.6 Å². The topological polar surface area (TPSA) is 39.1 Å². The van der Waals surface area contributed by atoms with E-state index in [1.807, 2.05) is 18.2 Å². The summed E-state index contributed by atoms with van der Waals surface area (Å²) in [5.74, 6) is 0. The summed E-state index contributed by atoms with van der Waals surface area (Å²) in [5, 5.41) is 12.5. The zero-order valence-electron chi connectivity index (χ0n) is 13.3. The molecule has 114 valence electrons. The average Bonchev–Trinajstić information content (AvgIpc) is 2.53. The first kappa shape index (κ1) is 16.0. The predicted molar refractivity (Wildman–Crippen MR) is 87.1 cm³/mol. The molecule has 0 radical (unpaired) electrons. The molecule has 1 N–H and O–H groups in total. The highest BCUT2D eigenvalue weighted by Crippen LogP contribution is 2.17. The van der Waals surface area contributed by atoms with Gasteiger partial charge in [-0.25, -0.2) is 0 Å². The van der Waals surface area contributed by atoms with Crippen LogP contribution in [0.1, 0.15) is 56.7 Å². The highest BCUT2D eigenvalue weighted by atomic mass is 15.2. The van der Waals surface area contributed by atoms with E-state index >= 15 is 0 Å². The molecule has 1 heterocycles. The summed E-state index contributed by atoms with van der Waals surface area (Å²) in [6.45, 7) is 8.00. The lowest BCUT2D eigenvalue weighted by Crippen LogP contribution is -2.39. The van der Waals surface area contributed by atoms with Gasteiger partial charge in [0.2, 0.25) is 0 Å². The SMILES string of the molecule is CC(NCCCN1CCCCC1C)c1cccc(C#N)c1. The number of benzene rings is 1. The lowest BCUT2D eigenvalue weighted by molar-refractivity contribution is 0.158. The first-order valence-corrected chi connectivity index (χ1v) is 8.18. The van der Waals surface area contributed by atoms with Gasteiger partial charge in [0.15, 0.2) is 0 Å². The number of nitriles is 1. The fourth-order valence-corrected chi connectivity index (χ4v) is 3.09. The minimum absolute atomic E-state index is 0.303. The van der Waals surface area contributed by atoms with Crippen LogP contribution < -0.4 is 5.32 Å². The Morgan fingerprint density at radius 3 is 3.05 bits per heavy atom. The number of piperidine rings is 1. The van der Waals surface area contributed by atoms with E-state index in [1.165, 1.54) is 44.3 Å². The molecular weight excluding hydrogens is 258 g/mol. The molecule has 3 heteroatoms. The number of hydrogen-bond donors (Lipinski definition) is 1. The molecule has 1 saturated heterocycles. The van der Waals surface area contributed by atoms with Crippen molar-refractivity contribution in [2.75, 3.05) is 19.6 Å². The van der Waals surface area contributed by atoms with Gasteiger partial charge in [-0.3, -0.25) is 0 Å². The van der Waals surface area contributed by atoms with Crippen molar-refractivity contribution in [1.29, 1.82) is 5.26 Å². The zero-order valence-corrected chi connectivity index (χ0v) is 13.3. The molecule has 0 spiro atoms. The normalized spacial score (nSPS) is 20.9. The Balaban J connectivity index is 1.71. The summed E-state index contributed by atoms with van der Waals surface area (Å²) in [6.07, 6.45) is 5.29. The fourth-order valence-electron chi connectivity index (χ4n) is 3.09. The van der Waals surface area contributed by atoms with Crippen LogP contribution in [0.15, 0.2) is 24.3 Å². The molecule has 21 heavy (non-hydrogen) atoms. The quantitative estimate of drug-likeness (QED) is 0.813. The maximum atomic E-state index is 8.95. The summed E-state index contributed by atoms with van der Waals surface area (Å²) in [5.41, 5.74) is 1.93.